The number of sulfonamides is 1. The van der Waals surface area contributed by atoms with Crippen LogP contribution < -0.4 is 10.2 Å². The Labute approximate surface area is 177 Å². The van der Waals surface area contributed by atoms with Gasteiger partial charge < -0.3 is 10.2 Å². The maximum atomic E-state index is 12.9. The van der Waals surface area contributed by atoms with Gasteiger partial charge in [-0.1, -0.05) is 11.3 Å². The van der Waals surface area contributed by atoms with Crippen molar-refractivity contribution >= 4 is 38.2 Å². The number of rotatable bonds is 5. The van der Waals surface area contributed by atoms with Crippen LogP contribution in [0.5, 0.6) is 0 Å². The van der Waals surface area contributed by atoms with E-state index in [9.17, 15) is 13.2 Å². The summed E-state index contributed by atoms with van der Waals surface area (Å²) in [7, 11) is -3.67. The number of anilines is 2. The van der Waals surface area contributed by atoms with Crippen LogP contribution in [-0.4, -0.2) is 69.3 Å². The van der Waals surface area contributed by atoms with Gasteiger partial charge >= 0.3 is 0 Å². The second-order valence-electron chi connectivity index (χ2n) is 6.66. The van der Waals surface area contributed by atoms with E-state index in [0.717, 1.165) is 17.2 Å². The molecule has 0 atom stereocenters. The fraction of sp³-hybridized carbons (Fsp3) is 0.353. The minimum atomic E-state index is -3.67. The number of piperazine rings is 1. The molecule has 1 N–H and O–H groups in total. The van der Waals surface area contributed by atoms with Crippen LogP contribution in [0.15, 0.2) is 35.2 Å². The van der Waals surface area contributed by atoms with Crippen molar-refractivity contribution in [2.24, 2.45) is 0 Å². The average molecular weight is 449 g/mol. The largest absolute Gasteiger partial charge is 0.354 e. The Hall–Kier alpha value is -2.90. The summed E-state index contributed by atoms with van der Waals surface area (Å²) in [5, 5.41) is 2.77. The zero-order chi connectivity index (χ0) is 21.3. The molecule has 3 aromatic rings. The van der Waals surface area contributed by atoms with Crippen molar-refractivity contribution in [1.82, 2.24) is 28.8 Å². The van der Waals surface area contributed by atoms with Crippen LogP contribution in [-0.2, 0) is 14.8 Å². The number of carbonyl (C=O) groups is 1. The number of nitrogens with zero attached hydrogens (tertiary/aromatic N) is 7. The van der Waals surface area contributed by atoms with Gasteiger partial charge in [0.1, 0.15) is 23.8 Å². The fourth-order valence-corrected chi connectivity index (χ4v) is 5.75. The summed E-state index contributed by atoms with van der Waals surface area (Å²) in [6.45, 7) is 4.80. The molecule has 0 unspecified atom stereocenters. The first-order chi connectivity index (χ1) is 14.3. The molecule has 11 nitrogen and oxygen atoms in total. The van der Waals surface area contributed by atoms with Gasteiger partial charge in [-0.25, -0.2) is 28.4 Å². The number of thiazole rings is 1. The maximum absolute atomic E-state index is 12.9. The standard InChI is InChI=1S/C17H20N8O3S2/c1-12-20-14(9-15(21-12)24-4-3-18-11-24)23-5-7-25(8-6-23)30(27,28)16-10-19-17(29-16)22-13(2)26/h3-4,9-11H,5-8H2,1-2H3,(H,19,22,26). The summed E-state index contributed by atoms with van der Waals surface area (Å²) >= 11 is 0.946. The lowest BCUT2D eigenvalue weighted by molar-refractivity contribution is -0.114. The molecule has 1 aliphatic rings. The Kier molecular flexibility index (Phi) is 5.49. The van der Waals surface area contributed by atoms with E-state index in [0.29, 0.717) is 37.8 Å². The molecule has 4 rings (SSSR count). The van der Waals surface area contributed by atoms with E-state index in [1.807, 2.05) is 17.9 Å². The predicted octanol–water partition coefficient (Wildman–Crippen LogP) is 0.897. The summed E-state index contributed by atoms with van der Waals surface area (Å²) in [5.41, 5.74) is 0. The Morgan fingerprint density at radius 1 is 1.17 bits per heavy atom. The molecule has 4 heterocycles. The van der Waals surface area contributed by atoms with Crippen LogP contribution in [0.25, 0.3) is 5.82 Å². The number of hydrogen-bond acceptors (Lipinski definition) is 9. The first-order valence-corrected chi connectivity index (χ1v) is 11.4. The van der Waals surface area contributed by atoms with Crippen LogP contribution in [0.1, 0.15) is 12.7 Å². The van der Waals surface area contributed by atoms with Gasteiger partial charge in [0.25, 0.3) is 10.0 Å². The minimum Gasteiger partial charge on any atom is -0.354 e. The van der Waals surface area contributed by atoms with Crippen molar-refractivity contribution in [3.8, 4) is 5.82 Å². The molecule has 158 valence electrons. The maximum Gasteiger partial charge on any atom is 0.254 e. The first kappa shape index (κ1) is 20.4. The number of aryl methyl sites for hydroxylation is 1. The van der Waals surface area contributed by atoms with Crippen LogP contribution in [0.3, 0.4) is 0 Å². The smallest absolute Gasteiger partial charge is 0.254 e. The molecule has 1 amide bonds. The Bertz CT molecular complexity index is 1150. The second kappa shape index (κ2) is 8.08. The van der Waals surface area contributed by atoms with E-state index in [1.54, 1.807) is 23.3 Å². The number of amides is 1. The lowest BCUT2D eigenvalue weighted by Gasteiger charge is -2.34. The Balaban J connectivity index is 1.47. The highest BCUT2D eigenvalue weighted by molar-refractivity contribution is 7.91. The van der Waals surface area contributed by atoms with Crippen molar-refractivity contribution in [3.05, 3.63) is 36.8 Å². The summed E-state index contributed by atoms with van der Waals surface area (Å²) in [6, 6.07) is 1.86. The van der Waals surface area contributed by atoms with E-state index < -0.39 is 10.0 Å². The van der Waals surface area contributed by atoms with E-state index in [1.165, 1.54) is 17.4 Å². The number of imidazole rings is 1. The molecule has 3 aromatic heterocycles. The number of carbonyl (C=O) groups excluding carboxylic acids is 1. The topological polar surface area (TPSA) is 126 Å². The highest BCUT2D eigenvalue weighted by Crippen LogP contribution is 2.27. The van der Waals surface area contributed by atoms with Crippen molar-refractivity contribution in [1.29, 1.82) is 0 Å². The molecule has 0 aromatic carbocycles. The molecule has 0 radical (unpaired) electrons. The molecular weight excluding hydrogens is 428 g/mol. The third-order valence-electron chi connectivity index (χ3n) is 4.50. The molecule has 0 aliphatic carbocycles. The van der Waals surface area contributed by atoms with Crippen LogP contribution >= 0.6 is 11.3 Å². The third kappa shape index (κ3) is 4.17. The summed E-state index contributed by atoms with van der Waals surface area (Å²) in [6.07, 6.45) is 6.43. The summed E-state index contributed by atoms with van der Waals surface area (Å²) < 4.78 is 29.2. The van der Waals surface area contributed by atoms with Crippen molar-refractivity contribution in [2.75, 3.05) is 36.4 Å². The van der Waals surface area contributed by atoms with Gasteiger partial charge in [0.05, 0.1) is 6.20 Å². The number of hydrogen-bond donors (Lipinski definition) is 1. The van der Waals surface area contributed by atoms with Crippen molar-refractivity contribution in [3.63, 3.8) is 0 Å². The van der Waals surface area contributed by atoms with Crippen molar-refractivity contribution < 1.29 is 13.2 Å². The Morgan fingerprint density at radius 3 is 2.57 bits per heavy atom. The zero-order valence-electron chi connectivity index (χ0n) is 16.4. The highest BCUT2D eigenvalue weighted by Gasteiger charge is 2.31. The zero-order valence-corrected chi connectivity index (χ0v) is 18.0. The van der Waals surface area contributed by atoms with E-state index in [4.69, 9.17) is 0 Å². The van der Waals surface area contributed by atoms with Gasteiger partial charge in [-0.2, -0.15) is 4.31 Å². The van der Waals surface area contributed by atoms with Gasteiger partial charge in [-0.15, -0.1) is 0 Å². The molecule has 13 heteroatoms. The second-order valence-corrected chi connectivity index (χ2v) is 9.85. The molecule has 1 fully saturated rings. The average Bonchev–Trinajstić information content (AvgIpc) is 3.39. The van der Waals surface area contributed by atoms with Crippen LogP contribution in [0.4, 0.5) is 10.9 Å². The van der Waals surface area contributed by atoms with E-state index >= 15 is 0 Å². The molecule has 1 aliphatic heterocycles. The molecular formula is C17H20N8O3S2. The van der Waals surface area contributed by atoms with Gasteiger partial charge in [0, 0.05) is 51.6 Å². The summed E-state index contributed by atoms with van der Waals surface area (Å²) in [4.78, 5) is 30.1. The van der Waals surface area contributed by atoms with Gasteiger partial charge in [0.2, 0.25) is 5.91 Å². The van der Waals surface area contributed by atoms with E-state index in [-0.39, 0.29) is 15.2 Å². The monoisotopic (exact) mass is 448 g/mol. The number of aromatic nitrogens is 5. The van der Waals surface area contributed by atoms with Gasteiger partial charge in [-0.05, 0) is 6.92 Å². The first-order valence-electron chi connectivity index (χ1n) is 9.15. The quantitative estimate of drug-likeness (QED) is 0.610. The summed E-state index contributed by atoms with van der Waals surface area (Å²) in [5.74, 6) is 1.78. The molecule has 1 saturated heterocycles. The lowest BCUT2D eigenvalue weighted by Crippen LogP contribution is -2.48. The van der Waals surface area contributed by atoms with Crippen molar-refractivity contribution in [2.45, 2.75) is 18.1 Å². The molecule has 30 heavy (non-hydrogen) atoms. The van der Waals surface area contributed by atoms with Gasteiger partial charge in [-0.3, -0.25) is 9.36 Å². The SMILES string of the molecule is CC(=O)Nc1ncc(S(=O)(=O)N2CCN(c3cc(-n4ccnc4)nc(C)n3)CC2)s1. The van der Waals surface area contributed by atoms with E-state index in [2.05, 4.69) is 25.3 Å². The van der Waals surface area contributed by atoms with Crippen LogP contribution in [0, 0.1) is 6.92 Å². The molecule has 0 bridgehead atoms. The normalized spacial score (nSPS) is 15.3. The lowest BCUT2D eigenvalue weighted by atomic mass is 10.3. The highest BCUT2D eigenvalue weighted by atomic mass is 32.2. The minimum absolute atomic E-state index is 0.111. The number of nitrogens with one attached hydrogen (secondary N) is 1. The Morgan fingerprint density at radius 2 is 1.90 bits per heavy atom. The van der Waals surface area contributed by atoms with Crippen LogP contribution in [0.2, 0.25) is 0 Å². The third-order valence-corrected chi connectivity index (χ3v) is 7.75. The molecule has 0 spiro atoms. The van der Waals surface area contributed by atoms with Gasteiger partial charge in [0.15, 0.2) is 9.34 Å². The molecule has 0 saturated carbocycles. The fourth-order valence-electron chi connectivity index (χ4n) is 3.10. The predicted molar refractivity (Wildman–Crippen MR) is 111 cm³/mol.